The smallest absolute Gasteiger partial charge is 0.0283 e. The van der Waals surface area contributed by atoms with Crippen LogP contribution in [0, 0.1) is 15.9 Å². The van der Waals surface area contributed by atoms with Gasteiger partial charge in [0.2, 0.25) is 0 Å². The molecule has 0 unspecified atom stereocenters. The molecule has 0 aliphatic rings. The summed E-state index contributed by atoms with van der Waals surface area (Å²) >= 11 is 2.33. The Kier molecular flexibility index (Phi) is 3.66. The normalized spacial score (nSPS) is 10.7. The average Bonchev–Trinajstić information content (AvgIpc) is 2.07. The maximum absolute atomic E-state index is 7.28. The molecule has 68 valence electrons. The number of benzene rings is 1. The maximum Gasteiger partial charge on any atom is 0.0283 e. The first-order valence-corrected chi connectivity index (χ1v) is 5.17. The number of allylic oxidation sites excluding steroid dienone is 1. The third-order valence-corrected chi connectivity index (χ3v) is 3.21. The van der Waals surface area contributed by atoms with Gasteiger partial charge in [-0.15, -0.1) is 0 Å². The molecular formula is C11H12IN. The fourth-order valence-corrected chi connectivity index (χ4v) is 1.55. The molecule has 0 aliphatic heterocycles. The molecule has 0 bridgehead atoms. The molecule has 0 radical (unpaired) electrons. The zero-order valence-electron chi connectivity index (χ0n) is 7.76. The van der Waals surface area contributed by atoms with Gasteiger partial charge in [-0.1, -0.05) is 24.3 Å². The number of aryl methyl sites for hydroxylation is 1. The van der Waals surface area contributed by atoms with Crippen molar-refractivity contribution in [1.82, 2.24) is 0 Å². The minimum absolute atomic E-state index is 0.581. The van der Waals surface area contributed by atoms with Crippen LogP contribution in [-0.4, -0.2) is 5.71 Å². The maximum atomic E-state index is 7.28. The summed E-state index contributed by atoms with van der Waals surface area (Å²) in [4.78, 5) is 0. The van der Waals surface area contributed by atoms with E-state index in [1.165, 1.54) is 14.7 Å². The van der Waals surface area contributed by atoms with Crippen molar-refractivity contribution in [2.24, 2.45) is 0 Å². The quantitative estimate of drug-likeness (QED) is 0.633. The van der Waals surface area contributed by atoms with Crippen LogP contribution in [0.2, 0.25) is 0 Å². The highest BCUT2D eigenvalue weighted by atomic mass is 127. The van der Waals surface area contributed by atoms with E-state index in [9.17, 15) is 0 Å². The highest BCUT2D eigenvalue weighted by Gasteiger charge is 1.97. The van der Waals surface area contributed by atoms with Crippen molar-refractivity contribution in [3.05, 3.63) is 39.0 Å². The van der Waals surface area contributed by atoms with Crippen LogP contribution < -0.4 is 0 Å². The van der Waals surface area contributed by atoms with Crippen LogP contribution in [0.25, 0.3) is 6.08 Å². The van der Waals surface area contributed by atoms with Gasteiger partial charge in [0, 0.05) is 9.28 Å². The summed E-state index contributed by atoms with van der Waals surface area (Å²) < 4.78 is 1.26. The first kappa shape index (κ1) is 10.4. The summed E-state index contributed by atoms with van der Waals surface area (Å²) in [7, 11) is 0. The van der Waals surface area contributed by atoms with Gasteiger partial charge in [0.1, 0.15) is 0 Å². The highest BCUT2D eigenvalue weighted by molar-refractivity contribution is 14.1. The van der Waals surface area contributed by atoms with E-state index < -0.39 is 0 Å². The lowest BCUT2D eigenvalue weighted by molar-refractivity contribution is 1.41. The molecule has 0 saturated heterocycles. The van der Waals surface area contributed by atoms with E-state index in [-0.39, 0.29) is 0 Å². The summed E-state index contributed by atoms with van der Waals surface area (Å²) in [5.41, 5.74) is 3.05. The zero-order chi connectivity index (χ0) is 9.84. The van der Waals surface area contributed by atoms with E-state index >= 15 is 0 Å². The predicted octanol–water partition coefficient (Wildman–Crippen LogP) is 3.65. The number of nitrogens with one attached hydrogen (secondary N) is 1. The second kappa shape index (κ2) is 4.56. The fourth-order valence-electron chi connectivity index (χ4n) is 1.01. The Labute approximate surface area is 92.5 Å². The van der Waals surface area contributed by atoms with Gasteiger partial charge in [0.25, 0.3) is 0 Å². The number of halogens is 1. The van der Waals surface area contributed by atoms with Crippen molar-refractivity contribution in [1.29, 1.82) is 5.41 Å². The minimum atomic E-state index is 0.581. The molecule has 1 aromatic rings. The molecule has 0 aliphatic carbocycles. The molecule has 0 fully saturated rings. The van der Waals surface area contributed by atoms with Crippen molar-refractivity contribution >= 4 is 34.4 Å². The van der Waals surface area contributed by atoms with Crippen molar-refractivity contribution in [3.63, 3.8) is 0 Å². The van der Waals surface area contributed by atoms with Gasteiger partial charge in [-0.25, -0.2) is 0 Å². The summed E-state index contributed by atoms with van der Waals surface area (Å²) in [5.74, 6) is 0. The minimum Gasteiger partial charge on any atom is -0.306 e. The predicted molar refractivity (Wildman–Crippen MR) is 66.3 cm³/mol. The van der Waals surface area contributed by atoms with Crippen molar-refractivity contribution in [2.75, 3.05) is 0 Å². The molecule has 1 aromatic carbocycles. The third kappa shape index (κ3) is 2.95. The van der Waals surface area contributed by atoms with Crippen LogP contribution >= 0.6 is 22.6 Å². The average molecular weight is 285 g/mol. The highest BCUT2D eigenvalue weighted by Crippen LogP contribution is 2.17. The first-order chi connectivity index (χ1) is 6.11. The van der Waals surface area contributed by atoms with E-state index in [2.05, 4.69) is 41.6 Å². The van der Waals surface area contributed by atoms with Gasteiger partial charge >= 0.3 is 0 Å². The Morgan fingerprint density at radius 2 is 2.15 bits per heavy atom. The van der Waals surface area contributed by atoms with Gasteiger partial charge in [0.05, 0.1) is 0 Å². The van der Waals surface area contributed by atoms with Crippen LogP contribution in [-0.2, 0) is 0 Å². The Balaban J connectivity index is 3.02. The zero-order valence-corrected chi connectivity index (χ0v) is 9.92. The molecule has 2 heteroatoms. The summed E-state index contributed by atoms with van der Waals surface area (Å²) in [6.45, 7) is 3.87. The lowest BCUT2D eigenvalue weighted by Gasteiger charge is -2.01. The largest absolute Gasteiger partial charge is 0.306 e. The number of hydrogen-bond acceptors (Lipinski definition) is 1. The topological polar surface area (TPSA) is 23.9 Å². The SMILES string of the molecule is CC(=N)/C=C\c1cccc(C)c1I. The van der Waals surface area contributed by atoms with Gasteiger partial charge in [-0.3, -0.25) is 0 Å². The molecule has 1 nitrogen and oxygen atoms in total. The fraction of sp³-hybridized carbons (Fsp3) is 0.182. The molecule has 0 spiro atoms. The molecule has 0 atom stereocenters. The Hall–Kier alpha value is -0.640. The molecule has 0 amide bonds. The standard InChI is InChI=1S/C11H12IN/c1-8-4-3-5-10(11(8)12)7-6-9(2)13/h3-7,13H,1-2H3/b7-6-,13-9?. The lowest BCUT2D eigenvalue weighted by atomic mass is 10.1. The van der Waals surface area contributed by atoms with Crippen molar-refractivity contribution in [2.45, 2.75) is 13.8 Å². The van der Waals surface area contributed by atoms with Crippen LogP contribution in [0.15, 0.2) is 24.3 Å². The molecule has 13 heavy (non-hydrogen) atoms. The monoisotopic (exact) mass is 285 g/mol. The summed E-state index contributed by atoms with van der Waals surface area (Å²) in [6, 6.07) is 6.20. The van der Waals surface area contributed by atoms with E-state index in [0.29, 0.717) is 5.71 Å². The first-order valence-electron chi connectivity index (χ1n) is 4.09. The van der Waals surface area contributed by atoms with Gasteiger partial charge in [0.15, 0.2) is 0 Å². The van der Waals surface area contributed by atoms with Crippen LogP contribution in [0.5, 0.6) is 0 Å². The molecule has 1 rings (SSSR count). The van der Waals surface area contributed by atoms with Gasteiger partial charge < -0.3 is 5.41 Å². The summed E-state index contributed by atoms with van der Waals surface area (Å²) in [6.07, 6.45) is 3.80. The van der Waals surface area contributed by atoms with E-state index in [4.69, 9.17) is 5.41 Å². The molecule has 0 aromatic heterocycles. The molecule has 1 N–H and O–H groups in total. The van der Waals surface area contributed by atoms with Crippen LogP contribution in [0.1, 0.15) is 18.1 Å². The van der Waals surface area contributed by atoms with Crippen molar-refractivity contribution in [3.8, 4) is 0 Å². The molecular weight excluding hydrogens is 273 g/mol. The van der Waals surface area contributed by atoms with E-state index in [1.54, 1.807) is 6.92 Å². The molecule has 0 saturated carbocycles. The second-order valence-corrected chi connectivity index (χ2v) is 4.07. The van der Waals surface area contributed by atoms with Crippen molar-refractivity contribution < 1.29 is 0 Å². The second-order valence-electron chi connectivity index (χ2n) is 2.99. The van der Waals surface area contributed by atoms with E-state index in [0.717, 1.165) is 0 Å². The van der Waals surface area contributed by atoms with Gasteiger partial charge in [-0.05, 0) is 53.6 Å². The Bertz CT molecular complexity index is 353. The number of rotatable bonds is 2. The van der Waals surface area contributed by atoms with Crippen LogP contribution in [0.3, 0.4) is 0 Å². The Morgan fingerprint density at radius 3 is 2.77 bits per heavy atom. The van der Waals surface area contributed by atoms with Crippen LogP contribution in [0.4, 0.5) is 0 Å². The number of hydrogen-bond donors (Lipinski definition) is 1. The molecule has 0 heterocycles. The lowest BCUT2D eigenvalue weighted by Crippen LogP contribution is -1.85. The van der Waals surface area contributed by atoms with Gasteiger partial charge in [-0.2, -0.15) is 0 Å². The van der Waals surface area contributed by atoms with E-state index in [1.807, 2.05) is 18.2 Å². The summed E-state index contributed by atoms with van der Waals surface area (Å²) in [5, 5.41) is 7.28. The Morgan fingerprint density at radius 1 is 1.46 bits per heavy atom. The third-order valence-electron chi connectivity index (χ3n) is 1.73.